The summed E-state index contributed by atoms with van der Waals surface area (Å²) >= 11 is 0. The van der Waals surface area contributed by atoms with E-state index in [1.807, 2.05) is 18.8 Å². The van der Waals surface area contributed by atoms with Gasteiger partial charge in [0.1, 0.15) is 0 Å². The summed E-state index contributed by atoms with van der Waals surface area (Å²) in [4.78, 5) is 23.8. The van der Waals surface area contributed by atoms with Gasteiger partial charge in [-0.25, -0.2) is 9.89 Å². The van der Waals surface area contributed by atoms with E-state index in [0.29, 0.717) is 0 Å². The van der Waals surface area contributed by atoms with Crippen molar-refractivity contribution in [1.82, 2.24) is 15.2 Å². The normalized spacial score (nSPS) is 12.8. The van der Waals surface area contributed by atoms with Crippen molar-refractivity contribution < 1.29 is 5.11 Å². The molecule has 7 heteroatoms. The van der Waals surface area contributed by atoms with E-state index >= 15 is 0 Å². The Morgan fingerprint density at radius 2 is 2.13 bits per heavy atom. The molecule has 0 aromatic carbocycles. The van der Waals surface area contributed by atoms with Crippen LogP contribution in [-0.4, -0.2) is 32.9 Å². The first kappa shape index (κ1) is 11.4. The number of aromatic amines is 2. The van der Waals surface area contributed by atoms with E-state index < -0.39 is 17.4 Å². The molecule has 0 saturated carbocycles. The van der Waals surface area contributed by atoms with Crippen molar-refractivity contribution in [1.29, 1.82) is 0 Å². The first-order valence-corrected chi connectivity index (χ1v) is 4.61. The van der Waals surface area contributed by atoms with Gasteiger partial charge in [-0.05, 0) is 5.92 Å². The fraction of sp³-hybridized carbons (Fsp3) is 0.625. The van der Waals surface area contributed by atoms with Crippen molar-refractivity contribution in [2.75, 3.05) is 11.9 Å². The van der Waals surface area contributed by atoms with Crippen LogP contribution in [0.2, 0.25) is 0 Å². The highest BCUT2D eigenvalue weighted by Gasteiger charge is 2.10. The number of hydrogen-bond acceptors (Lipinski definition) is 5. The average molecular weight is 214 g/mol. The maximum atomic E-state index is 11.1. The number of aliphatic hydroxyl groups excluding tert-OH is 1. The number of nitrogens with one attached hydrogen (secondary N) is 3. The molecule has 1 aromatic rings. The third kappa shape index (κ3) is 3.21. The van der Waals surface area contributed by atoms with Gasteiger partial charge in [-0.2, -0.15) is 0 Å². The molecule has 0 radical (unpaired) electrons. The summed E-state index contributed by atoms with van der Waals surface area (Å²) in [6.45, 7) is 3.92. The highest BCUT2D eigenvalue weighted by Crippen LogP contribution is 2.00. The molecular weight excluding hydrogens is 200 g/mol. The predicted molar refractivity (Wildman–Crippen MR) is 54.8 cm³/mol. The quantitative estimate of drug-likeness (QED) is 0.507. The molecule has 1 atom stereocenters. The lowest BCUT2D eigenvalue weighted by Crippen LogP contribution is -2.31. The van der Waals surface area contributed by atoms with E-state index in [9.17, 15) is 14.7 Å². The predicted octanol–water partition coefficient (Wildman–Crippen LogP) is -1.11. The van der Waals surface area contributed by atoms with Crippen LogP contribution in [0.4, 0.5) is 5.82 Å². The van der Waals surface area contributed by atoms with Crippen LogP contribution in [0.3, 0.4) is 0 Å². The molecule has 7 nitrogen and oxygen atoms in total. The van der Waals surface area contributed by atoms with Crippen molar-refractivity contribution in [3.8, 4) is 0 Å². The van der Waals surface area contributed by atoms with Crippen molar-refractivity contribution in [2.45, 2.75) is 20.0 Å². The Kier molecular flexibility index (Phi) is 3.62. The van der Waals surface area contributed by atoms with Gasteiger partial charge in [0.2, 0.25) is 5.82 Å². The molecule has 0 saturated heterocycles. The van der Waals surface area contributed by atoms with Gasteiger partial charge in [-0.15, -0.1) is 5.10 Å². The lowest BCUT2D eigenvalue weighted by molar-refractivity contribution is 0.138. The van der Waals surface area contributed by atoms with Crippen LogP contribution < -0.4 is 16.6 Å². The number of rotatable bonds is 4. The van der Waals surface area contributed by atoms with Gasteiger partial charge in [0.25, 0.3) is 5.56 Å². The lowest BCUT2D eigenvalue weighted by atomic mass is 10.1. The summed E-state index contributed by atoms with van der Waals surface area (Å²) in [5.41, 5.74) is -1.26. The average Bonchev–Trinajstić information content (AvgIpc) is 2.15. The Morgan fingerprint density at radius 3 is 2.67 bits per heavy atom. The maximum absolute atomic E-state index is 11.1. The molecular formula is C8H14N4O3. The molecule has 0 amide bonds. The number of anilines is 1. The van der Waals surface area contributed by atoms with Crippen LogP contribution >= 0.6 is 0 Å². The van der Waals surface area contributed by atoms with Crippen molar-refractivity contribution in [3.05, 3.63) is 20.8 Å². The Hall–Kier alpha value is -1.63. The van der Waals surface area contributed by atoms with E-state index in [2.05, 4.69) is 15.5 Å². The number of hydrogen-bond donors (Lipinski definition) is 4. The molecule has 0 bridgehead atoms. The van der Waals surface area contributed by atoms with E-state index in [1.54, 1.807) is 0 Å². The highest BCUT2D eigenvalue weighted by molar-refractivity contribution is 5.28. The smallest absolute Gasteiger partial charge is 0.342 e. The second-order valence-electron chi connectivity index (χ2n) is 3.55. The Morgan fingerprint density at radius 1 is 1.47 bits per heavy atom. The molecule has 84 valence electrons. The molecule has 0 aliphatic carbocycles. The highest BCUT2D eigenvalue weighted by atomic mass is 16.3. The molecule has 1 unspecified atom stereocenters. The Balaban J connectivity index is 2.66. The summed E-state index contributed by atoms with van der Waals surface area (Å²) in [6.07, 6.45) is -0.571. The third-order valence-electron chi connectivity index (χ3n) is 1.96. The molecule has 0 aliphatic rings. The number of nitrogens with zero attached hydrogens (tertiary/aromatic N) is 1. The van der Waals surface area contributed by atoms with Crippen LogP contribution in [0.15, 0.2) is 9.59 Å². The summed E-state index contributed by atoms with van der Waals surface area (Å²) in [6, 6.07) is 0. The minimum absolute atomic E-state index is 0.00528. The van der Waals surface area contributed by atoms with Crippen LogP contribution in [-0.2, 0) is 0 Å². The fourth-order valence-corrected chi connectivity index (χ4v) is 0.904. The van der Waals surface area contributed by atoms with E-state index in [1.165, 1.54) is 0 Å². The fourth-order valence-electron chi connectivity index (χ4n) is 0.904. The van der Waals surface area contributed by atoms with Crippen molar-refractivity contribution >= 4 is 5.82 Å². The summed E-state index contributed by atoms with van der Waals surface area (Å²) in [7, 11) is 0. The van der Waals surface area contributed by atoms with E-state index in [-0.39, 0.29) is 18.3 Å². The topological polar surface area (TPSA) is 111 Å². The summed E-state index contributed by atoms with van der Waals surface area (Å²) in [5, 5.41) is 17.7. The number of aliphatic hydroxyl groups is 1. The van der Waals surface area contributed by atoms with Crippen molar-refractivity contribution in [3.63, 3.8) is 0 Å². The van der Waals surface area contributed by atoms with Gasteiger partial charge in [0, 0.05) is 6.54 Å². The molecule has 4 N–H and O–H groups in total. The first-order chi connectivity index (χ1) is 7.00. The molecule has 1 aromatic heterocycles. The van der Waals surface area contributed by atoms with E-state index in [4.69, 9.17) is 0 Å². The Labute approximate surface area is 85.6 Å². The second-order valence-corrected chi connectivity index (χ2v) is 3.55. The van der Waals surface area contributed by atoms with Crippen LogP contribution in [0, 0.1) is 5.92 Å². The van der Waals surface area contributed by atoms with Crippen molar-refractivity contribution in [2.24, 2.45) is 5.92 Å². The zero-order valence-corrected chi connectivity index (χ0v) is 8.57. The summed E-state index contributed by atoms with van der Waals surface area (Å²) < 4.78 is 0. The van der Waals surface area contributed by atoms with Gasteiger partial charge in [0.15, 0.2) is 0 Å². The Bertz CT molecular complexity index is 422. The van der Waals surface area contributed by atoms with Crippen LogP contribution in [0.1, 0.15) is 13.8 Å². The minimum Gasteiger partial charge on any atom is -0.391 e. The van der Waals surface area contributed by atoms with Gasteiger partial charge in [0.05, 0.1) is 6.10 Å². The van der Waals surface area contributed by atoms with Crippen LogP contribution in [0.25, 0.3) is 0 Å². The zero-order valence-electron chi connectivity index (χ0n) is 8.57. The third-order valence-corrected chi connectivity index (χ3v) is 1.96. The number of H-pyrrole nitrogens is 2. The van der Waals surface area contributed by atoms with E-state index in [0.717, 1.165) is 0 Å². The standard InChI is InChI=1S/C8H14N4O3/c1-4(2)5(13)3-9-6-7(14)10-8(15)12-11-6/h4-5,13H,3H2,1-2H3,(H,9,11)(H2,10,12,14,15). The van der Waals surface area contributed by atoms with Crippen LogP contribution in [0.5, 0.6) is 0 Å². The first-order valence-electron chi connectivity index (χ1n) is 4.61. The van der Waals surface area contributed by atoms with Gasteiger partial charge >= 0.3 is 5.69 Å². The van der Waals surface area contributed by atoms with Gasteiger partial charge in [-0.1, -0.05) is 13.8 Å². The monoisotopic (exact) mass is 214 g/mol. The molecule has 15 heavy (non-hydrogen) atoms. The largest absolute Gasteiger partial charge is 0.391 e. The summed E-state index contributed by atoms with van der Waals surface area (Å²) in [5.74, 6) is 0.0774. The molecule has 0 aliphatic heterocycles. The van der Waals surface area contributed by atoms with Gasteiger partial charge in [-0.3, -0.25) is 9.78 Å². The maximum Gasteiger partial charge on any atom is 0.342 e. The molecule has 1 rings (SSSR count). The SMILES string of the molecule is CC(C)C(O)CNc1n[nH]c(=O)[nH]c1=O. The second kappa shape index (κ2) is 4.74. The minimum atomic E-state index is -0.657. The zero-order chi connectivity index (χ0) is 11.4. The molecule has 0 fully saturated rings. The van der Waals surface area contributed by atoms with Gasteiger partial charge < -0.3 is 10.4 Å². The lowest BCUT2D eigenvalue weighted by Gasteiger charge is -2.14. The molecule has 0 spiro atoms. The number of aromatic nitrogens is 3. The molecule has 1 heterocycles.